The van der Waals surface area contributed by atoms with Crippen LogP contribution in [0.3, 0.4) is 0 Å². The van der Waals surface area contributed by atoms with Crippen LogP contribution in [-0.2, 0) is 15.7 Å². The Morgan fingerprint density at radius 2 is 1.81 bits per heavy atom. The van der Waals surface area contributed by atoms with Crippen molar-refractivity contribution in [3.8, 4) is 11.4 Å². The van der Waals surface area contributed by atoms with Gasteiger partial charge >= 0.3 is 12.0 Å². The Balaban J connectivity index is 1.08. The largest absolute Gasteiger partial charge is 0.496 e. The van der Waals surface area contributed by atoms with Gasteiger partial charge in [0.2, 0.25) is 0 Å². The number of nitrogens with zero attached hydrogens (tertiary/aromatic N) is 8. The van der Waals surface area contributed by atoms with Crippen molar-refractivity contribution in [2.75, 3.05) is 52.9 Å². The van der Waals surface area contributed by atoms with Gasteiger partial charge in [-0.1, -0.05) is 35.3 Å². The molecule has 2 unspecified atom stereocenters. The van der Waals surface area contributed by atoms with E-state index < -0.39 is 22.8 Å². The lowest BCUT2D eigenvalue weighted by Gasteiger charge is -2.44. The number of nitrogens with one attached hydrogen (secondary N) is 1. The number of carbonyl (C=O) groups excluding carboxylic acids is 2. The van der Waals surface area contributed by atoms with Crippen molar-refractivity contribution >= 4 is 41.1 Å². The minimum Gasteiger partial charge on any atom is -0.496 e. The number of urea groups is 1. The summed E-state index contributed by atoms with van der Waals surface area (Å²) in [6, 6.07) is 14.6. The second kappa shape index (κ2) is 15.3. The van der Waals surface area contributed by atoms with Gasteiger partial charge < -0.3 is 29.9 Å². The summed E-state index contributed by atoms with van der Waals surface area (Å²) < 4.78 is 7.10. The highest BCUT2D eigenvalue weighted by Crippen LogP contribution is 2.42. The number of pyridine rings is 1. The van der Waals surface area contributed by atoms with Gasteiger partial charge in [-0.3, -0.25) is 14.6 Å². The minimum absolute atomic E-state index is 0.152. The van der Waals surface area contributed by atoms with Crippen LogP contribution in [0.25, 0.3) is 5.69 Å². The molecule has 0 saturated carbocycles. The van der Waals surface area contributed by atoms with E-state index in [0.29, 0.717) is 79.0 Å². The fraction of sp³-hybridized carbons (Fsp3) is 0.432. The first kappa shape index (κ1) is 36.6. The molecule has 2 N–H and O–H groups in total. The summed E-state index contributed by atoms with van der Waals surface area (Å²) in [6.45, 7) is 3.80. The lowest BCUT2D eigenvalue weighted by atomic mass is 9.76. The molecule has 3 fully saturated rings. The predicted molar refractivity (Wildman–Crippen MR) is 196 cm³/mol. The number of likely N-dealkylation sites (tertiary alicyclic amines) is 3. The highest BCUT2D eigenvalue weighted by molar-refractivity contribution is 6.42. The summed E-state index contributed by atoms with van der Waals surface area (Å²) in [7, 11) is 1.54. The number of rotatable bonds is 10. The average Bonchev–Trinajstić information content (AvgIpc) is 3.98. The lowest BCUT2D eigenvalue weighted by Crippen LogP contribution is -2.56. The fourth-order valence-electron chi connectivity index (χ4n) is 8.00. The molecule has 3 saturated heterocycles. The van der Waals surface area contributed by atoms with E-state index in [2.05, 4.69) is 30.7 Å². The Labute approximate surface area is 317 Å². The monoisotopic (exact) mass is 761 g/mol. The fourth-order valence-corrected chi connectivity index (χ4v) is 8.30. The van der Waals surface area contributed by atoms with Gasteiger partial charge in [-0.25, -0.2) is 9.48 Å². The minimum atomic E-state index is -0.876. The number of piperidine rings is 1. The van der Waals surface area contributed by atoms with Crippen molar-refractivity contribution in [2.45, 2.75) is 43.1 Å². The summed E-state index contributed by atoms with van der Waals surface area (Å²) in [5.74, 6) is -1.12. The third-order valence-electron chi connectivity index (χ3n) is 11.2. The van der Waals surface area contributed by atoms with Crippen LogP contribution in [-0.4, -0.2) is 116 Å². The number of hydrogen-bond acceptors (Lipinski definition) is 9. The zero-order valence-corrected chi connectivity index (χ0v) is 30.8. The zero-order valence-electron chi connectivity index (χ0n) is 29.3. The van der Waals surface area contributed by atoms with Crippen LogP contribution >= 0.6 is 23.2 Å². The SMILES string of the molecule is COc1ccc(-n2cnnn2)cc1C(=O)N1CCC(CCN2CCC(NC(=O)N3CCC(C(=O)O)C3)(c3cccnc3)CC2)(c2ccc(Cl)c(Cl)c2)C1. The quantitative estimate of drug-likeness (QED) is 0.233. The van der Waals surface area contributed by atoms with Gasteiger partial charge in [0.25, 0.3) is 5.91 Å². The van der Waals surface area contributed by atoms with Crippen LogP contribution in [0.4, 0.5) is 4.79 Å². The molecule has 3 aliphatic rings. The van der Waals surface area contributed by atoms with Crippen LogP contribution < -0.4 is 10.1 Å². The summed E-state index contributed by atoms with van der Waals surface area (Å²) in [4.78, 5) is 49.5. The van der Waals surface area contributed by atoms with Crippen molar-refractivity contribution < 1.29 is 24.2 Å². The maximum atomic E-state index is 14.2. The molecule has 53 heavy (non-hydrogen) atoms. The van der Waals surface area contributed by atoms with E-state index in [0.717, 1.165) is 30.5 Å². The number of carboxylic acids is 1. The number of amides is 3. The third-order valence-corrected chi connectivity index (χ3v) is 11.9. The number of methoxy groups -OCH3 is 1. The first-order valence-electron chi connectivity index (χ1n) is 17.7. The number of ether oxygens (including phenoxy) is 1. The lowest BCUT2D eigenvalue weighted by molar-refractivity contribution is -0.141. The standard InChI is InChI=1S/C37H41Cl2N9O5/c1-53-32-7-5-28(48-24-41-43-44-48)20-29(32)33(49)47-18-10-36(23-47,26-4-6-30(38)31(39)19-26)9-15-45-16-11-37(12-17-45,27-3-2-13-40-21-27)42-35(52)46-14-8-25(22-46)34(50)51/h2-7,13,19-21,24-25H,8-12,14-18,22-23H2,1H3,(H,42,52)(H,50,51). The second-order valence-electron chi connectivity index (χ2n) is 14.1. The third kappa shape index (κ3) is 7.53. The summed E-state index contributed by atoms with van der Waals surface area (Å²) >= 11 is 12.9. The number of hydrogen-bond donors (Lipinski definition) is 2. The Morgan fingerprint density at radius 1 is 0.981 bits per heavy atom. The molecule has 5 heterocycles. The van der Waals surface area contributed by atoms with Crippen molar-refractivity contribution in [1.82, 2.24) is 45.2 Å². The molecule has 0 radical (unpaired) electrons. The van der Waals surface area contributed by atoms with Crippen molar-refractivity contribution in [3.05, 3.63) is 94.0 Å². The van der Waals surface area contributed by atoms with Gasteiger partial charge in [0.15, 0.2) is 0 Å². The number of benzene rings is 2. The van der Waals surface area contributed by atoms with E-state index in [1.54, 1.807) is 42.6 Å². The molecule has 278 valence electrons. The Bertz CT molecular complexity index is 1960. The van der Waals surface area contributed by atoms with Gasteiger partial charge in [-0.15, -0.1) is 5.10 Å². The molecule has 2 aromatic carbocycles. The molecular weight excluding hydrogens is 721 g/mol. The van der Waals surface area contributed by atoms with Crippen LogP contribution in [0, 0.1) is 5.92 Å². The van der Waals surface area contributed by atoms with Gasteiger partial charge in [-0.05, 0) is 96.6 Å². The topological polar surface area (TPSA) is 159 Å². The molecule has 3 amide bonds. The van der Waals surface area contributed by atoms with E-state index >= 15 is 0 Å². The summed E-state index contributed by atoms with van der Waals surface area (Å²) in [5, 5.41) is 25.1. The molecule has 0 spiro atoms. The van der Waals surface area contributed by atoms with Crippen LogP contribution in [0.15, 0.2) is 67.3 Å². The molecule has 16 heteroatoms. The molecule has 3 aliphatic heterocycles. The van der Waals surface area contributed by atoms with E-state index in [1.807, 2.05) is 35.2 Å². The maximum absolute atomic E-state index is 14.2. The summed E-state index contributed by atoms with van der Waals surface area (Å²) in [5.41, 5.74) is 1.98. The van der Waals surface area contributed by atoms with Crippen LogP contribution in [0.5, 0.6) is 5.75 Å². The molecular formula is C37H41Cl2N9O5. The molecule has 0 bridgehead atoms. The van der Waals surface area contributed by atoms with Gasteiger partial charge in [-0.2, -0.15) is 0 Å². The first-order chi connectivity index (χ1) is 25.6. The van der Waals surface area contributed by atoms with Gasteiger partial charge in [0.1, 0.15) is 12.1 Å². The molecule has 4 aromatic rings. The van der Waals surface area contributed by atoms with E-state index in [9.17, 15) is 19.5 Å². The molecule has 14 nitrogen and oxygen atoms in total. The number of aromatic nitrogens is 5. The van der Waals surface area contributed by atoms with Crippen molar-refractivity contribution in [3.63, 3.8) is 0 Å². The smallest absolute Gasteiger partial charge is 0.318 e. The Kier molecular flexibility index (Phi) is 10.5. The van der Waals surface area contributed by atoms with Crippen LogP contribution in [0.1, 0.15) is 53.6 Å². The highest BCUT2D eigenvalue weighted by Gasteiger charge is 2.44. The number of carboxylic acid groups (broad SMARTS) is 1. The zero-order chi connectivity index (χ0) is 37.2. The van der Waals surface area contributed by atoms with Gasteiger partial charge in [0, 0.05) is 57.1 Å². The normalized spacial score (nSPS) is 21.5. The first-order valence-corrected chi connectivity index (χ1v) is 18.4. The van der Waals surface area contributed by atoms with E-state index in [1.165, 1.54) is 11.0 Å². The number of aliphatic carboxylic acids is 1. The second-order valence-corrected chi connectivity index (χ2v) is 15.0. The van der Waals surface area contributed by atoms with Crippen molar-refractivity contribution in [1.29, 1.82) is 0 Å². The Hall–Kier alpha value is -4.79. The van der Waals surface area contributed by atoms with Crippen LogP contribution in [0.2, 0.25) is 10.0 Å². The molecule has 2 aromatic heterocycles. The molecule has 2 atom stereocenters. The number of tetrazole rings is 1. The van der Waals surface area contributed by atoms with Crippen molar-refractivity contribution in [2.24, 2.45) is 5.92 Å². The van der Waals surface area contributed by atoms with E-state index in [-0.39, 0.29) is 18.5 Å². The molecule has 7 rings (SSSR count). The number of halogens is 2. The van der Waals surface area contributed by atoms with E-state index in [4.69, 9.17) is 27.9 Å². The van der Waals surface area contributed by atoms with Gasteiger partial charge in [0.05, 0.1) is 39.9 Å². The average molecular weight is 763 g/mol. The summed E-state index contributed by atoms with van der Waals surface area (Å²) in [6.07, 6.45) is 8.23. The highest BCUT2D eigenvalue weighted by atomic mass is 35.5. The maximum Gasteiger partial charge on any atom is 0.318 e. The Morgan fingerprint density at radius 3 is 2.49 bits per heavy atom. The predicted octanol–water partition coefficient (Wildman–Crippen LogP) is 4.65. The molecule has 0 aliphatic carbocycles. The number of carbonyl (C=O) groups is 3.